The van der Waals surface area contributed by atoms with Crippen LogP contribution >= 0.6 is 27.7 Å². The van der Waals surface area contributed by atoms with E-state index in [1.54, 1.807) is 14.0 Å². The summed E-state index contributed by atoms with van der Waals surface area (Å²) in [5.41, 5.74) is 1.10. The molecular formula is C13H15BrO2S. The maximum absolute atomic E-state index is 11.2. The van der Waals surface area contributed by atoms with Gasteiger partial charge in [-0.15, -0.1) is 0 Å². The van der Waals surface area contributed by atoms with E-state index in [2.05, 4.69) is 22.5 Å². The van der Waals surface area contributed by atoms with Crippen molar-refractivity contribution < 1.29 is 9.53 Å². The summed E-state index contributed by atoms with van der Waals surface area (Å²) in [6, 6.07) is 7.77. The van der Waals surface area contributed by atoms with Crippen LogP contribution in [-0.2, 0) is 4.79 Å². The summed E-state index contributed by atoms with van der Waals surface area (Å²) in [6.07, 6.45) is 0.733. The highest BCUT2D eigenvalue weighted by atomic mass is 79.9. The first kappa shape index (κ1) is 14.3. The van der Waals surface area contributed by atoms with Crippen LogP contribution in [0.5, 0.6) is 5.75 Å². The third kappa shape index (κ3) is 4.96. The van der Waals surface area contributed by atoms with Gasteiger partial charge in [0.25, 0.3) is 0 Å². The average Bonchev–Trinajstić information content (AvgIpc) is 2.27. The molecule has 92 valence electrons. The highest BCUT2D eigenvalue weighted by Gasteiger charge is 2.15. The van der Waals surface area contributed by atoms with Gasteiger partial charge in [0.1, 0.15) is 5.75 Å². The molecule has 1 atom stereocenters. The van der Waals surface area contributed by atoms with E-state index in [-0.39, 0.29) is 10.4 Å². The highest BCUT2D eigenvalue weighted by molar-refractivity contribution is 9.11. The Kier molecular flexibility index (Phi) is 5.78. The maximum Gasteiger partial charge on any atom is 0.186 e. The summed E-state index contributed by atoms with van der Waals surface area (Å²) in [4.78, 5) is 11.2. The Balaban J connectivity index is 2.86. The molecule has 4 heteroatoms. The Labute approximate surface area is 115 Å². The van der Waals surface area contributed by atoms with Crippen LogP contribution in [0.3, 0.4) is 0 Å². The number of halogens is 1. The van der Waals surface area contributed by atoms with Crippen molar-refractivity contribution in [3.8, 4) is 5.75 Å². The minimum atomic E-state index is 0.102. The van der Waals surface area contributed by atoms with E-state index in [1.807, 2.05) is 24.3 Å². The van der Waals surface area contributed by atoms with Crippen LogP contribution in [0.1, 0.15) is 24.2 Å². The minimum Gasteiger partial charge on any atom is -0.497 e. The number of rotatable bonds is 5. The van der Waals surface area contributed by atoms with Crippen molar-refractivity contribution in [2.24, 2.45) is 0 Å². The molecule has 1 aromatic rings. The second kappa shape index (κ2) is 6.87. The molecule has 0 bridgehead atoms. The molecular weight excluding hydrogens is 300 g/mol. The third-order valence-electron chi connectivity index (χ3n) is 2.20. The Hall–Kier alpha value is -0.740. The maximum atomic E-state index is 11.2. The molecule has 1 unspecified atom stereocenters. The van der Waals surface area contributed by atoms with Gasteiger partial charge in [-0.3, -0.25) is 4.79 Å². The molecule has 0 radical (unpaired) electrons. The van der Waals surface area contributed by atoms with Gasteiger partial charge >= 0.3 is 0 Å². The minimum absolute atomic E-state index is 0.102. The number of carbonyl (C=O) groups is 1. The van der Waals surface area contributed by atoms with Gasteiger partial charge in [0.15, 0.2) is 5.12 Å². The monoisotopic (exact) mass is 314 g/mol. The van der Waals surface area contributed by atoms with Crippen LogP contribution in [0.4, 0.5) is 0 Å². The smallest absolute Gasteiger partial charge is 0.186 e. The fourth-order valence-corrected chi connectivity index (χ4v) is 2.96. The molecule has 0 aliphatic rings. The van der Waals surface area contributed by atoms with Crippen LogP contribution in [0.2, 0.25) is 0 Å². The molecule has 0 saturated carbocycles. The Morgan fingerprint density at radius 3 is 2.47 bits per heavy atom. The number of carbonyl (C=O) groups excluding carboxylic acids is 1. The zero-order valence-electron chi connectivity index (χ0n) is 9.90. The number of methoxy groups -OCH3 is 1. The average molecular weight is 315 g/mol. The van der Waals surface area contributed by atoms with Gasteiger partial charge in [0.05, 0.1) is 7.11 Å². The lowest BCUT2D eigenvalue weighted by atomic mass is 10.1. The first-order valence-corrected chi connectivity index (χ1v) is 6.84. The number of benzene rings is 1. The zero-order valence-corrected chi connectivity index (χ0v) is 12.3. The van der Waals surface area contributed by atoms with Crippen LogP contribution in [0.15, 0.2) is 35.3 Å². The molecule has 0 aliphatic carbocycles. The van der Waals surface area contributed by atoms with Crippen molar-refractivity contribution in [2.45, 2.75) is 18.6 Å². The quantitative estimate of drug-likeness (QED) is 0.810. The normalized spacial score (nSPS) is 11.9. The van der Waals surface area contributed by atoms with Crippen molar-refractivity contribution in [1.29, 1.82) is 0 Å². The number of hydrogen-bond acceptors (Lipinski definition) is 3. The Morgan fingerprint density at radius 2 is 2.06 bits per heavy atom. The van der Waals surface area contributed by atoms with Crippen LogP contribution < -0.4 is 4.74 Å². The van der Waals surface area contributed by atoms with Gasteiger partial charge in [0, 0.05) is 12.2 Å². The van der Waals surface area contributed by atoms with E-state index in [1.165, 1.54) is 11.8 Å². The summed E-state index contributed by atoms with van der Waals surface area (Å²) >= 11 is 4.67. The molecule has 0 fully saturated rings. The number of hydrogen-bond donors (Lipinski definition) is 0. The van der Waals surface area contributed by atoms with Gasteiger partial charge in [-0.1, -0.05) is 46.4 Å². The lowest BCUT2D eigenvalue weighted by molar-refractivity contribution is -0.109. The van der Waals surface area contributed by atoms with E-state index in [0.717, 1.165) is 22.2 Å². The lowest BCUT2D eigenvalue weighted by Crippen LogP contribution is -1.98. The summed E-state index contributed by atoms with van der Waals surface area (Å²) < 4.78 is 6.01. The van der Waals surface area contributed by atoms with Crippen molar-refractivity contribution in [2.75, 3.05) is 7.11 Å². The van der Waals surface area contributed by atoms with E-state index in [0.29, 0.717) is 0 Å². The summed E-state index contributed by atoms with van der Waals surface area (Å²) in [6.45, 7) is 5.41. The predicted molar refractivity (Wildman–Crippen MR) is 76.7 cm³/mol. The van der Waals surface area contributed by atoms with Crippen LogP contribution in [-0.4, -0.2) is 12.2 Å². The molecule has 0 heterocycles. The molecule has 2 nitrogen and oxygen atoms in total. The second-order valence-corrected chi connectivity index (χ2v) is 6.09. The first-order valence-electron chi connectivity index (χ1n) is 5.17. The molecule has 0 aromatic heterocycles. The predicted octanol–water partition coefficient (Wildman–Crippen LogP) is 4.31. The second-order valence-electron chi connectivity index (χ2n) is 3.59. The standard InChI is InChI=1S/C13H15BrO2S/c1-9(14)8-13(17-10(2)15)11-4-6-12(16-3)7-5-11/h4-7,13H,1,8H2,2-3H3. The van der Waals surface area contributed by atoms with Crippen LogP contribution in [0.25, 0.3) is 0 Å². The molecule has 0 saturated heterocycles. The molecule has 1 rings (SSSR count). The van der Waals surface area contributed by atoms with Crippen molar-refractivity contribution >= 4 is 32.8 Å². The van der Waals surface area contributed by atoms with Gasteiger partial charge in [0.2, 0.25) is 0 Å². The fourth-order valence-electron chi connectivity index (χ4n) is 1.45. The van der Waals surface area contributed by atoms with Gasteiger partial charge in [-0.25, -0.2) is 0 Å². The SMILES string of the molecule is C=C(Br)CC(SC(C)=O)c1ccc(OC)cc1. The molecule has 0 aliphatic heterocycles. The van der Waals surface area contributed by atoms with E-state index in [4.69, 9.17) is 4.74 Å². The number of thioether (sulfide) groups is 1. The van der Waals surface area contributed by atoms with Crippen molar-refractivity contribution in [3.05, 3.63) is 40.9 Å². The summed E-state index contributed by atoms with van der Waals surface area (Å²) in [5.74, 6) is 0.818. The third-order valence-corrected chi connectivity index (χ3v) is 3.58. The topological polar surface area (TPSA) is 26.3 Å². The Morgan fingerprint density at radius 1 is 1.47 bits per heavy atom. The molecule has 0 amide bonds. The van der Waals surface area contributed by atoms with E-state index >= 15 is 0 Å². The zero-order chi connectivity index (χ0) is 12.8. The summed E-state index contributed by atoms with van der Waals surface area (Å²) in [7, 11) is 1.64. The largest absolute Gasteiger partial charge is 0.497 e. The molecule has 0 N–H and O–H groups in total. The first-order chi connectivity index (χ1) is 8.02. The fraction of sp³-hybridized carbons (Fsp3) is 0.308. The molecule has 17 heavy (non-hydrogen) atoms. The van der Waals surface area contributed by atoms with Crippen molar-refractivity contribution in [1.82, 2.24) is 0 Å². The lowest BCUT2D eigenvalue weighted by Gasteiger charge is -2.15. The van der Waals surface area contributed by atoms with Gasteiger partial charge < -0.3 is 4.74 Å². The number of ether oxygens (including phenoxy) is 1. The van der Waals surface area contributed by atoms with Crippen LogP contribution in [0, 0.1) is 0 Å². The van der Waals surface area contributed by atoms with Gasteiger partial charge in [-0.2, -0.15) is 0 Å². The van der Waals surface area contributed by atoms with E-state index < -0.39 is 0 Å². The molecule has 1 aromatic carbocycles. The Bertz CT molecular complexity index is 384. The van der Waals surface area contributed by atoms with E-state index in [9.17, 15) is 4.79 Å². The van der Waals surface area contributed by atoms with Gasteiger partial charge in [-0.05, 0) is 28.6 Å². The summed E-state index contributed by atoms with van der Waals surface area (Å²) in [5, 5.41) is 0.213. The highest BCUT2D eigenvalue weighted by Crippen LogP contribution is 2.36. The van der Waals surface area contributed by atoms with Crippen molar-refractivity contribution in [3.63, 3.8) is 0 Å². The number of allylic oxidation sites excluding steroid dienone is 1. The molecule has 0 spiro atoms.